The number of sulfonamides is 1. The first-order chi connectivity index (χ1) is 12.4. The van der Waals surface area contributed by atoms with Crippen LogP contribution in [0, 0.1) is 6.92 Å². The third-order valence-electron chi connectivity index (χ3n) is 4.58. The molecule has 0 atom stereocenters. The lowest BCUT2D eigenvalue weighted by molar-refractivity contribution is -0.130. The van der Waals surface area contributed by atoms with Gasteiger partial charge in [-0.2, -0.15) is 4.31 Å². The van der Waals surface area contributed by atoms with Gasteiger partial charge < -0.3 is 9.47 Å². The number of nitrogens with zero attached hydrogens (tertiary/aromatic N) is 5. The Morgan fingerprint density at radius 1 is 1.23 bits per heavy atom. The molecular weight excluding hydrogens is 354 g/mol. The van der Waals surface area contributed by atoms with Crippen LogP contribution in [0.5, 0.6) is 0 Å². The molecule has 3 heterocycles. The molecule has 1 aliphatic heterocycles. The SMILES string of the molecule is Cc1nc(S(=O)(=O)N2CCCN(C(=O)Cc3cccnc3)CC2)cn1C. The maximum absolute atomic E-state index is 12.8. The van der Waals surface area contributed by atoms with Crippen LogP contribution in [0.3, 0.4) is 0 Å². The van der Waals surface area contributed by atoms with E-state index in [0.717, 1.165) is 5.56 Å². The normalized spacial score (nSPS) is 16.5. The van der Waals surface area contributed by atoms with Gasteiger partial charge in [-0.15, -0.1) is 0 Å². The molecule has 1 fully saturated rings. The average Bonchev–Trinajstić information content (AvgIpc) is 2.83. The van der Waals surface area contributed by atoms with E-state index in [1.54, 1.807) is 41.9 Å². The van der Waals surface area contributed by atoms with E-state index in [0.29, 0.717) is 31.9 Å². The molecule has 0 bridgehead atoms. The summed E-state index contributed by atoms with van der Waals surface area (Å²) >= 11 is 0. The molecule has 0 aliphatic carbocycles. The Bertz CT molecular complexity index is 860. The van der Waals surface area contributed by atoms with Crippen LogP contribution in [0.2, 0.25) is 0 Å². The number of carbonyl (C=O) groups excluding carboxylic acids is 1. The zero-order chi connectivity index (χ0) is 18.7. The van der Waals surface area contributed by atoms with E-state index in [-0.39, 0.29) is 23.9 Å². The van der Waals surface area contributed by atoms with Crippen LogP contribution >= 0.6 is 0 Å². The summed E-state index contributed by atoms with van der Waals surface area (Å²) in [6.07, 6.45) is 5.75. The molecule has 0 aromatic carbocycles. The molecule has 0 radical (unpaired) electrons. The van der Waals surface area contributed by atoms with Crippen molar-refractivity contribution in [3.8, 4) is 0 Å². The average molecular weight is 377 g/mol. The second-order valence-corrected chi connectivity index (χ2v) is 8.30. The fraction of sp³-hybridized carbons (Fsp3) is 0.471. The molecule has 8 nitrogen and oxygen atoms in total. The summed E-state index contributed by atoms with van der Waals surface area (Å²) in [4.78, 5) is 22.4. The van der Waals surface area contributed by atoms with Crippen LogP contribution in [-0.4, -0.2) is 64.2 Å². The molecule has 1 aliphatic rings. The summed E-state index contributed by atoms with van der Waals surface area (Å²) in [6.45, 7) is 3.35. The van der Waals surface area contributed by atoms with Gasteiger partial charge in [0.2, 0.25) is 5.91 Å². The fourth-order valence-electron chi connectivity index (χ4n) is 2.96. The Balaban J connectivity index is 1.67. The highest BCUT2D eigenvalue weighted by Crippen LogP contribution is 2.17. The Morgan fingerprint density at radius 2 is 2.04 bits per heavy atom. The third-order valence-corrected chi connectivity index (χ3v) is 6.35. The van der Waals surface area contributed by atoms with Crippen LogP contribution in [0.4, 0.5) is 0 Å². The molecule has 140 valence electrons. The van der Waals surface area contributed by atoms with Crippen molar-refractivity contribution in [3.05, 3.63) is 42.1 Å². The van der Waals surface area contributed by atoms with E-state index in [2.05, 4.69) is 9.97 Å². The van der Waals surface area contributed by atoms with Gasteiger partial charge in [-0.05, 0) is 25.0 Å². The highest BCUT2D eigenvalue weighted by Gasteiger charge is 2.30. The molecule has 3 rings (SSSR count). The van der Waals surface area contributed by atoms with Crippen molar-refractivity contribution in [2.24, 2.45) is 7.05 Å². The van der Waals surface area contributed by atoms with Crippen LogP contribution in [0.25, 0.3) is 0 Å². The van der Waals surface area contributed by atoms with Crippen molar-refractivity contribution >= 4 is 15.9 Å². The summed E-state index contributed by atoms with van der Waals surface area (Å²) < 4.78 is 28.7. The summed E-state index contributed by atoms with van der Waals surface area (Å²) in [5.74, 6) is 0.637. The van der Waals surface area contributed by atoms with Crippen LogP contribution in [-0.2, 0) is 28.3 Å². The van der Waals surface area contributed by atoms with E-state index in [1.807, 2.05) is 6.07 Å². The minimum Gasteiger partial charge on any atom is -0.341 e. The maximum atomic E-state index is 12.8. The molecular formula is C17H23N5O3S. The van der Waals surface area contributed by atoms with Crippen LogP contribution in [0.1, 0.15) is 17.8 Å². The quantitative estimate of drug-likeness (QED) is 0.778. The smallest absolute Gasteiger partial charge is 0.262 e. The molecule has 2 aromatic heterocycles. The third kappa shape index (κ3) is 3.94. The monoisotopic (exact) mass is 377 g/mol. The zero-order valence-corrected chi connectivity index (χ0v) is 15.8. The largest absolute Gasteiger partial charge is 0.341 e. The number of hydrogen-bond donors (Lipinski definition) is 0. The number of imidazole rings is 1. The highest BCUT2D eigenvalue weighted by atomic mass is 32.2. The van der Waals surface area contributed by atoms with E-state index in [1.165, 1.54) is 10.5 Å². The number of rotatable bonds is 4. The molecule has 26 heavy (non-hydrogen) atoms. The zero-order valence-electron chi connectivity index (χ0n) is 15.0. The lowest BCUT2D eigenvalue weighted by atomic mass is 10.2. The van der Waals surface area contributed by atoms with Crippen molar-refractivity contribution in [1.29, 1.82) is 0 Å². The number of aromatic nitrogens is 3. The predicted octanol–water partition coefficient (Wildman–Crippen LogP) is 0.589. The van der Waals surface area contributed by atoms with Crippen molar-refractivity contribution < 1.29 is 13.2 Å². The van der Waals surface area contributed by atoms with Crippen molar-refractivity contribution in [2.75, 3.05) is 26.2 Å². The second-order valence-electron chi connectivity index (χ2n) is 6.41. The second kappa shape index (κ2) is 7.55. The van der Waals surface area contributed by atoms with E-state index in [9.17, 15) is 13.2 Å². The van der Waals surface area contributed by atoms with E-state index >= 15 is 0 Å². The lowest BCUT2D eigenvalue weighted by Crippen LogP contribution is -2.38. The molecule has 1 amide bonds. The number of carbonyl (C=O) groups is 1. The summed E-state index contributed by atoms with van der Waals surface area (Å²) in [5, 5.41) is 0.0626. The number of amides is 1. The van der Waals surface area contributed by atoms with Crippen molar-refractivity contribution in [1.82, 2.24) is 23.7 Å². The minimum atomic E-state index is -3.64. The minimum absolute atomic E-state index is 0.00840. The van der Waals surface area contributed by atoms with Gasteiger partial charge in [0.1, 0.15) is 5.82 Å². The first-order valence-corrected chi connectivity index (χ1v) is 9.99. The van der Waals surface area contributed by atoms with E-state index < -0.39 is 10.0 Å². The molecule has 0 N–H and O–H groups in total. The Morgan fingerprint density at radius 3 is 2.69 bits per heavy atom. The number of hydrogen-bond acceptors (Lipinski definition) is 5. The van der Waals surface area contributed by atoms with Crippen LogP contribution in [0.15, 0.2) is 35.7 Å². The molecule has 0 spiro atoms. The van der Waals surface area contributed by atoms with Gasteiger partial charge in [-0.3, -0.25) is 9.78 Å². The summed E-state index contributed by atoms with van der Waals surface area (Å²) in [7, 11) is -1.88. The lowest BCUT2D eigenvalue weighted by Gasteiger charge is -2.21. The maximum Gasteiger partial charge on any atom is 0.262 e. The van der Waals surface area contributed by atoms with E-state index in [4.69, 9.17) is 0 Å². The van der Waals surface area contributed by atoms with Crippen LogP contribution < -0.4 is 0 Å². The Hall–Kier alpha value is -2.26. The Labute approximate surface area is 153 Å². The topological polar surface area (TPSA) is 88.4 Å². The predicted molar refractivity (Wildman–Crippen MR) is 95.8 cm³/mol. The van der Waals surface area contributed by atoms with Gasteiger partial charge in [0.15, 0.2) is 5.03 Å². The van der Waals surface area contributed by atoms with Gasteiger partial charge in [0, 0.05) is 51.8 Å². The Kier molecular flexibility index (Phi) is 5.38. The van der Waals surface area contributed by atoms with Crippen molar-refractivity contribution in [2.45, 2.75) is 24.8 Å². The summed E-state index contributed by atoms with van der Waals surface area (Å²) in [5.41, 5.74) is 0.857. The molecule has 9 heteroatoms. The standard InChI is InChI=1S/C17H23N5O3S/c1-14-19-16(13-20(14)2)26(24,25)22-8-4-7-21(9-10-22)17(23)11-15-5-3-6-18-12-15/h3,5-6,12-13H,4,7-11H2,1-2H3. The van der Waals surface area contributed by atoms with Gasteiger partial charge in [-0.1, -0.05) is 6.07 Å². The number of pyridine rings is 1. The number of aryl methyl sites for hydroxylation is 2. The van der Waals surface area contributed by atoms with Gasteiger partial charge in [0.05, 0.1) is 6.42 Å². The first-order valence-electron chi connectivity index (χ1n) is 8.55. The molecule has 2 aromatic rings. The molecule has 0 saturated carbocycles. The fourth-order valence-corrected chi connectivity index (χ4v) is 4.45. The first kappa shape index (κ1) is 18.5. The van der Waals surface area contributed by atoms with Gasteiger partial charge >= 0.3 is 0 Å². The van der Waals surface area contributed by atoms with Gasteiger partial charge in [0.25, 0.3) is 10.0 Å². The molecule has 0 unspecified atom stereocenters. The molecule has 1 saturated heterocycles. The highest BCUT2D eigenvalue weighted by molar-refractivity contribution is 7.89. The summed E-state index contributed by atoms with van der Waals surface area (Å²) in [6, 6.07) is 3.66. The van der Waals surface area contributed by atoms with Crippen molar-refractivity contribution in [3.63, 3.8) is 0 Å². The van der Waals surface area contributed by atoms with Gasteiger partial charge in [-0.25, -0.2) is 13.4 Å².